The maximum atomic E-state index is 5.60. The lowest BCUT2D eigenvalue weighted by atomic mass is 9.81. The lowest BCUT2D eigenvalue weighted by Gasteiger charge is -2.25. The van der Waals surface area contributed by atoms with Crippen LogP contribution in [0.5, 0.6) is 0 Å². The highest BCUT2D eigenvalue weighted by molar-refractivity contribution is 4.90. The van der Waals surface area contributed by atoms with Crippen LogP contribution in [0.4, 0.5) is 0 Å². The molecule has 120 valence electrons. The van der Waals surface area contributed by atoms with Gasteiger partial charge in [-0.05, 0) is 61.5 Å². The van der Waals surface area contributed by atoms with Crippen LogP contribution in [0.25, 0.3) is 0 Å². The zero-order chi connectivity index (χ0) is 14.9. The SMILES string of the molecule is CC(/C=C/O/C=C/C(C)C1CCCCC1)C1CCCCC1. The van der Waals surface area contributed by atoms with E-state index in [0.717, 1.165) is 11.8 Å². The van der Waals surface area contributed by atoms with Crippen molar-refractivity contribution in [1.29, 1.82) is 0 Å². The van der Waals surface area contributed by atoms with Gasteiger partial charge >= 0.3 is 0 Å². The molecule has 2 rings (SSSR count). The van der Waals surface area contributed by atoms with Crippen LogP contribution in [-0.2, 0) is 4.74 Å². The highest BCUT2D eigenvalue weighted by Gasteiger charge is 2.18. The smallest absolute Gasteiger partial charge is 0.0864 e. The first-order chi connectivity index (χ1) is 10.3. The van der Waals surface area contributed by atoms with Gasteiger partial charge in [-0.1, -0.05) is 52.4 Å². The third-order valence-electron chi connectivity index (χ3n) is 5.71. The Balaban J connectivity index is 1.65. The molecule has 0 aromatic carbocycles. The molecule has 0 radical (unpaired) electrons. The largest absolute Gasteiger partial charge is 0.473 e. The van der Waals surface area contributed by atoms with Crippen LogP contribution in [0.2, 0.25) is 0 Å². The average Bonchev–Trinajstić information content (AvgIpc) is 2.55. The van der Waals surface area contributed by atoms with Gasteiger partial charge in [0.15, 0.2) is 0 Å². The minimum absolute atomic E-state index is 0.662. The van der Waals surface area contributed by atoms with Gasteiger partial charge < -0.3 is 4.74 Å². The van der Waals surface area contributed by atoms with Crippen LogP contribution in [0.15, 0.2) is 24.7 Å². The molecule has 2 atom stereocenters. The van der Waals surface area contributed by atoms with Crippen molar-refractivity contribution in [3.63, 3.8) is 0 Å². The molecule has 1 nitrogen and oxygen atoms in total. The van der Waals surface area contributed by atoms with Crippen molar-refractivity contribution in [1.82, 2.24) is 0 Å². The molecule has 0 heterocycles. The monoisotopic (exact) mass is 290 g/mol. The first kappa shape index (κ1) is 16.6. The summed E-state index contributed by atoms with van der Waals surface area (Å²) in [5.41, 5.74) is 0. The molecular weight excluding hydrogens is 256 g/mol. The summed E-state index contributed by atoms with van der Waals surface area (Å²) in [6, 6.07) is 0. The molecule has 2 unspecified atom stereocenters. The predicted molar refractivity (Wildman–Crippen MR) is 90.8 cm³/mol. The normalized spacial score (nSPS) is 25.4. The standard InChI is InChI=1S/C20H34O/c1-17(19-9-5-3-6-10-19)13-15-21-16-14-18(2)20-11-7-4-8-12-20/h13-20H,3-12H2,1-2H3/b15-13+,16-14+. The van der Waals surface area contributed by atoms with Gasteiger partial charge in [-0.15, -0.1) is 0 Å². The van der Waals surface area contributed by atoms with Gasteiger partial charge in [-0.25, -0.2) is 0 Å². The molecule has 0 N–H and O–H groups in total. The molecule has 0 saturated heterocycles. The lowest BCUT2D eigenvalue weighted by Crippen LogP contribution is -2.13. The maximum Gasteiger partial charge on any atom is 0.0864 e. The number of ether oxygens (including phenoxy) is 1. The minimum Gasteiger partial charge on any atom is -0.473 e. The van der Waals surface area contributed by atoms with Crippen LogP contribution >= 0.6 is 0 Å². The number of rotatable bonds is 6. The molecule has 2 aliphatic rings. The summed E-state index contributed by atoms with van der Waals surface area (Å²) in [7, 11) is 0. The molecule has 0 aromatic rings. The van der Waals surface area contributed by atoms with Crippen molar-refractivity contribution in [2.75, 3.05) is 0 Å². The van der Waals surface area contributed by atoms with Gasteiger partial charge in [0.1, 0.15) is 0 Å². The van der Waals surface area contributed by atoms with E-state index in [9.17, 15) is 0 Å². The Morgan fingerprint density at radius 2 is 1.05 bits per heavy atom. The van der Waals surface area contributed by atoms with E-state index in [0.29, 0.717) is 11.8 Å². The van der Waals surface area contributed by atoms with Crippen molar-refractivity contribution in [2.24, 2.45) is 23.7 Å². The summed E-state index contributed by atoms with van der Waals surface area (Å²) in [5, 5.41) is 0. The Hall–Kier alpha value is -0.720. The fourth-order valence-corrected chi connectivity index (χ4v) is 4.02. The third-order valence-corrected chi connectivity index (χ3v) is 5.71. The molecule has 2 aliphatic carbocycles. The Labute approximate surface area is 131 Å². The van der Waals surface area contributed by atoms with Crippen LogP contribution in [0.1, 0.15) is 78.1 Å². The molecule has 1 heteroatoms. The van der Waals surface area contributed by atoms with Crippen molar-refractivity contribution < 1.29 is 4.74 Å². The number of allylic oxidation sites excluding steroid dienone is 2. The van der Waals surface area contributed by atoms with Gasteiger partial charge in [-0.3, -0.25) is 0 Å². The molecule has 0 bridgehead atoms. The summed E-state index contributed by atoms with van der Waals surface area (Å²) in [6.07, 6.45) is 22.5. The van der Waals surface area contributed by atoms with E-state index in [1.165, 1.54) is 64.2 Å². The Morgan fingerprint density at radius 3 is 1.43 bits per heavy atom. The van der Waals surface area contributed by atoms with Crippen LogP contribution in [0.3, 0.4) is 0 Å². The summed E-state index contributed by atoms with van der Waals surface area (Å²) in [6.45, 7) is 4.68. The zero-order valence-electron chi connectivity index (χ0n) is 14.1. The highest BCUT2D eigenvalue weighted by Crippen LogP contribution is 2.31. The fourth-order valence-electron chi connectivity index (χ4n) is 4.02. The van der Waals surface area contributed by atoms with Gasteiger partial charge in [-0.2, -0.15) is 0 Å². The second-order valence-electron chi connectivity index (χ2n) is 7.31. The predicted octanol–water partition coefficient (Wildman–Crippen LogP) is 6.46. The van der Waals surface area contributed by atoms with Crippen LogP contribution in [-0.4, -0.2) is 0 Å². The van der Waals surface area contributed by atoms with E-state index in [1.54, 1.807) is 0 Å². The van der Waals surface area contributed by atoms with Crippen molar-refractivity contribution in [3.8, 4) is 0 Å². The Bertz CT molecular complexity index is 287. The van der Waals surface area contributed by atoms with Gasteiger partial charge in [0.25, 0.3) is 0 Å². The van der Waals surface area contributed by atoms with Crippen LogP contribution < -0.4 is 0 Å². The maximum absolute atomic E-state index is 5.60. The van der Waals surface area contributed by atoms with Gasteiger partial charge in [0.2, 0.25) is 0 Å². The summed E-state index contributed by atoms with van der Waals surface area (Å²) < 4.78 is 5.60. The summed E-state index contributed by atoms with van der Waals surface area (Å²) in [4.78, 5) is 0. The topological polar surface area (TPSA) is 9.23 Å². The van der Waals surface area contributed by atoms with E-state index in [1.807, 2.05) is 12.5 Å². The van der Waals surface area contributed by atoms with E-state index in [-0.39, 0.29) is 0 Å². The second kappa shape index (κ2) is 9.33. The molecule has 0 aromatic heterocycles. The summed E-state index contributed by atoms with van der Waals surface area (Å²) in [5.74, 6) is 3.08. The zero-order valence-corrected chi connectivity index (χ0v) is 14.1. The van der Waals surface area contributed by atoms with E-state index in [2.05, 4.69) is 26.0 Å². The molecule has 0 amide bonds. The molecular formula is C20H34O. The molecule has 2 fully saturated rings. The van der Waals surface area contributed by atoms with Gasteiger partial charge in [0.05, 0.1) is 12.5 Å². The molecule has 2 saturated carbocycles. The fraction of sp³-hybridized carbons (Fsp3) is 0.800. The lowest BCUT2D eigenvalue weighted by molar-refractivity contribution is 0.289. The van der Waals surface area contributed by atoms with E-state index < -0.39 is 0 Å². The van der Waals surface area contributed by atoms with Gasteiger partial charge in [0, 0.05) is 0 Å². The van der Waals surface area contributed by atoms with E-state index >= 15 is 0 Å². The van der Waals surface area contributed by atoms with Crippen molar-refractivity contribution in [3.05, 3.63) is 24.7 Å². The highest BCUT2D eigenvalue weighted by atomic mass is 16.5. The molecule has 0 aliphatic heterocycles. The van der Waals surface area contributed by atoms with Crippen molar-refractivity contribution in [2.45, 2.75) is 78.1 Å². The average molecular weight is 290 g/mol. The Morgan fingerprint density at radius 1 is 0.667 bits per heavy atom. The molecule has 21 heavy (non-hydrogen) atoms. The second-order valence-corrected chi connectivity index (χ2v) is 7.31. The number of hydrogen-bond donors (Lipinski definition) is 0. The first-order valence-electron chi connectivity index (χ1n) is 9.26. The first-order valence-corrected chi connectivity index (χ1v) is 9.26. The quantitative estimate of drug-likeness (QED) is 0.510. The minimum atomic E-state index is 0.662. The number of hydrogen-bond acceptors (Lipinski definition) is 1. The third kappa shape index (κ3) is 5.88. The van der Waals surface area contributed by atoms with E-state index in [4.69, 9.17) is 4.74 Å². The molecule has 0 spiro atoms. The van der Waals surface area contributed by atoms with Crippen LogP contribution in [0, 0.1) is 23.7 Å². The van der Waals surface area contributed by atoms with Crippen molar-refractivity contribution >= 4 is 0 Å². The summed E-state index contributed by atoms with van der Waals surface area (Å²) >= 11 is 0. The Kier molecular flexibility index (Phi) is 7.39.